The van der Waals surface area contributed by atoms with E-state index in [4.69, 9.17) is 4.74 Å². The van der Waals surface area contributed by atoms with Gasteiger partial charge in [-0.05, 0) is 49.2 Å². The zero-order chi connectivity index (χ0) is 24.3. The van der Waals surface area contributed by atoms with E-state index in [2.05, 4.69) is 31.1 Å². The largest absolute Gasteiger partial charge is 0.465 e. The maximum atomic E-state index is 13.7. The summed E-state index contributed by atoms with van der Waals surface area (Å²) in [5.41, 5.74) is 0.965. The molecular formula is C23H22BrF2N3O4. The summed E-state index contributed by atoms with van der Waals surface area (Å²) in [4.78, 5) is 24.7. The molecule has 1 N–H and O–H groups in total. The minimum Gasteiger partial charge on any atom is -0.465 e. The van der Waals surface area contributed by atoms with E-state index in [-0.39, 0.29) is 11.4 Å². The molecule has 0 fully saturated rings. The first kappa shape index (κ1) is 24.4. The van der Waals surface area contributed by atoms with Gasteiger partial charge in [0, 0.05) is 11.5 Å². The molecule has 1 heterocycles. The van der Waals surface area contributed by atoms with Crippen molar-refractivity contribution in [3.63, 3.8) is 0 Å². The molecule has 7 nitrogen and oxygen atoms in total. The first-order valence-electron chi connectivity index (χ1n) is 9.90. The van der Waals surface area contributed by atoms with Crippen LogP contribution in [0.4, 0.5) is 8.78 Å². The van der Waals surface area contributed by atoms with E-state index >= 15 is 0 Å². The highest BCUT2D eigenvalue weighted by Crippen LogP contribution is 2.34. The van der Waals surface area contributed by atoms with Crippen LogP contribution in [0.1, 0.15) is 56.9 Å². The number of halogens is 3. The van der Waals surface area contributed by atoms with Crippen LogP contribution in [0.3, 0.4) is 0 Å². The van der Waals surface area contributed by atoms with Crippen molar-refractivity contribution in [3.8, 4) is 11.6 Å². The second-order valence-electron chi connectivity index (χ2n) is 7.31. The molecule has 1 unspecified atom stereocenters. The van der Waals surface area contributed by atoms with Gasteiger partial charge in [-0.15, -0.1) is 0 Å². The molecule has 0 radical (unpaired) electrons. The van der Waals surface area contributed by atoms with Gasteiger partial charge >= 0.3 is 5.97 Å². The number of alkyl halides is 2. The molecular weight excluding hydrogens is 500 g/mol. The van der Waals surface area contributed by atoms with Crippen molar-refractivity contribution in [2.45, 2.75) is 26.3 Å². The Labute approximate surface area is 197 Å². The fourth-order valence-corrected chi connectivity index (χ4v) is 3.50. The van der Waals surface area contributed by atoms with Crippen LogP contribution in [0.15, 0.2) is 46.9 Å². The van der Waals surface area contributed by atoms with E-state index < -0.39 is 30.0 Å². The van der Waals surface area contributed by atoms with Crippen molar-refractivity contribution < 1.29 is 27.8 Å². The van der Waals surface area contributed by atoms with Crippen molar-refractivity contribution in [1.29, 1.82) is 0 Å². The number of hydrogen-bond donors (Lipinski definition) is 1. The van der Waals surface area contributed by atoms with Crippen LogP contribution >= 0.6 is 15.9 Å². The molecule has 0 spiro atoms. The van der Waals surface area contributed by atoms with Gasteiger partial charge < -0.3 is 14.8 Å². The van der Waals surface area contributed by atoms with Crippen LogP contribution in [0.5, 0.6) is 11.6 Å². The number of methoxy groups -OCH3 is 1. The van der Waals surface area contributed by atoms with E-state index in [0.29, 0.717) is 16.9 Å². The van der Waals surface area contributed by atoms with Gasteiger partial charge in [0.2, 0.25) is 5.88 Å². The Bertz CT molecular complexity index is 1180. The van der Waals surface area contributed by atoms with Gasteiger partial charge in [-0.25, -0.2) is 18.3 Å². The Morgan fingerprint density at radius 3 is 2.39 bits per heavy atom. The lowest BCUT2D eigenvalue weighted by Gasteiger charge is -2.16. The van der Waals surface area contributed by atoms with E-state index in [0.717, 1.165) is 14.7 Å². The van der Waals surface area contributed by atoms with Crippen molar-refractivity contribution in [2.75, 3.05) is 7.11 Å². The second kappa shape index (κ2) is 10.1. The highest BCUT2D eigenvalue weighted by molar-refractivity contribution is 9.10. The van der Waals surface area contributed by atoms with Crippen LogP contribution < -0.4 is 10.1 Å². The summed E-state index contributed by atoms with van der Waals surface area (Å²) in [6.45, 7) is 3.59. The summed E-state index contributed by atoms with van der Waals surface area (Å²) < 4.78 is 39.7. The van der Waals surface area contributed by atoms with E-state index in [9.17, 15) is 18.4 Å². The third-order valence-electron chi connectivity index (χ3n) is 4.99. The van der Waals surface area contributed by atoms with Crippen LogP contribution in [-0.4, -0.2) is 28.8 Å². The summed E-state index contributed by atoms with van der Waals surface area (Å²) in [5.74, 6) is -0.993. The average Bonchev–Trinajstić information content (AvgIpc) is 3.12. The molecule has 3 aromatic rings. The number of amides is 1. The molecule has 0 aliphatic rings. The van der Waals surface area contributed by atoms with Crippen LogP contribution in [0.25, 0.3) is 0 Å². The Morgan fingerprint density at radius 1 is 1.15 bits per heavy atom. The highest BCUT2D eigenvalue weighted by atomic mass is 79.9. The summed E-state index contributed by atoms with van der Waals surface area (Å²) in [6.07, 6.45) is -2.98. The molecule has 3 rings (SSSR count). The van der Waals surface area contributed by atoms with Gasteiger partial charge in [0.25, 0.3) is 12.3 Å². The number of hydrogen-bond acceptors (Lipinski definition) is 5. The number of aromatic nitrogens is 2. The minimum atomic E-state index is -2.98. The van der Waals surface area contributed by atoms with Crippen molar-refractivity contribution in [3.05, 3.63) is 74.9 Å². The van der Waals surface area contributed by atoms with Gasteiger partial charge in [-0.1, -0.05) is 34.1 Å². The summed E-state index contributed by atoms with van der Waals surface area (Å²) in [7, 11) is 2.71. The number of aryl methyl sites for hydroxylation is 2. The first-order chi connectivity index (χ1) is 15.6. The lowest BCUT2D eigenvalue weighted by molar-refractivity contribution is 0.0600. The van der Waals surface area contributed by atoms with E-state index in [1.165, 1.54) is 14.2 Å². The van der Waals surface area contributed by atoms with Crippen LogP contribution in [-0.2, 0) is 11.8 Å². The first-order valence-corrected chi connectivity index (χ1v) is 10.7. The summed E-state index contributed by atoms with van der Waals surface area (Å²) >= 11 is 3.40. The van der Waals surface area contributed by atoms with E-state index in [1.807, 2.05) is 6.92 Å². The molecule has 174 valence electrons. The Hall–Kier alpha value is -3.27. The number of carbonyl (C=O) groups is 2. The monoisotopic (exact) mass is 521 g/mol. The number of benzene rings is 2. The smallest absolute Gasteiger partial charge is 0.337 e. The summed E-state index contributed by atoms with van der Waals surface area (Å²) in [5, 5.41) is 6.50. The zero-order valence-electron chi connectivity index (χ0n) is 18.4. The SMILES string of the molecule is COC(=O)c1ccc(C(C)NC(=O)c2c(C(F)F)nn(C)c2Oc2ccc(C)c(Br)c2)cc1. The molecule has 10 heteroatoms. The lowest BCUT2D eigenvalue weighted by atomic mass is 10.1. The fraction of sp³-hybridized carbons (Fsp3) is 0.261. The standard InChI is InChI=1S/C23H22BrF2N3O4/c1-12-5-10-16(11-17(12)24)33-22-18(19(20(25)26)28-29(22)3)21(30)27-13(2)14-6-8-15(9-7-14)23(31)32-4/h5-11,13,20H,1-4H3,(H,27,30). The van der Waals surface area contributed by atoms with Crippen molar-refractivity contribution in [1.82, 2.24) is 15.1 Å². The quantitative estimate of drug-likeness (QED) is 0.415. The number of ether oxygens (including phenoxy) is 2. The zero-order valence-corrected chi connectivity index (χ0v) is 19.9. The third kappa shape index (κ3) is 5.39. The Morgan fingerprint density at radius 2 is 1.82 bits per heavy atom. The highest BCUT2D eigenvalue weighted by Gasteiger charge is 2.30. The number of rotatable bonds is 7. The molecule has 33 heavy (non-hydrogen) atoms. The van der Waals surface area contributed by atoms with Crippen LogP contribution in [0.2, 0.25) is 0 Å². The van der Waals surface area contributed by atoms with Gasteiger partial charge in [0.05, 0.1) is 18.7 Å². The molecule has 1 atom stereocenters. The number of nitrogens with one attached hydrogen (secondary N) is 1. The maximum Gasteiger partial charge on any atom is 0.337 e. The lowest BCUT2D eigenvalue weighted by Crippen LogP contribution is -2.27. The normalized spacial score (nSPS) is 11.9. The average molecular weight is 522 g/mol. The molecule has 1 amide bonds. The predicted molar refractivity (Wildman–Crippen MR) is 121 cm³/mol. The van der Waals surface area contributed by atoms with E-state index in [1.54, 1.807) is 49.4 Å². The van der Waals surface area contributed by atoms with Gasteiger partial charge in [-0.3, -0.25) is 4.79 Å². The maximum absolute atomic E-state index is 13.7. The Balaban J connectivity index is 1.89. The van der Waals surface area contributed by atoms with Crippen molar-refractivity contribution in [2.24, 2.45) is 7.05 Å². The van der Waals surface area contributed by atoms with Gasteiger partial charge in [0.1, 0.15) is 17.0 Å². The molecule has 2 aromatic carbocycles. The Kier molecular flexibility index (Phi) is 7.47. The van der Waals surface area contributed by atoms with Gasteiger partial charge in [0.15, 0.2) is 0 Å². The molecule has 0 saturated heterocycles. The summed E-state index contributed by atoms with van der Waals surface area (Å²) in [6, 6.07) is 11.0. The van der Waals surface area contributed by atoms with Crippen molar-refractivity contribution >= 4 is 27.8 Å². The number of esters is 1. The van der Waals surface area contributed by atoms with Gasteiger partial charge in [-0.2, -0.15) is 5.10 Å². The third-order valence-corrected chi connectivity index (χ3v) is 5.85. The topological polar surface area (TPSA) is 82.5 Å². The second-order valence-corrected chi connectivity index (χ2v) is 8.17. The number of carbonyl (C=O) groups excluding carboxylic acids is 2. The molecule has 0 bridgehead atoms. The predicted octanol–water partition coefficient (Wildman–Crippen LogP) is 5.50. The van der Waals surface area contributed by atoms with Crippen LogP contribution in [0, 0.1) is 6.92 Å². The molecule has 1 aromatic heterocycles. The fourth-order valence-electron chi connectivity index (χ4n) is 3.14. The molecule has 0 aliphatic carbocycles. The molecule has 0 aliphatic heterocycles. The minimum absolute atomic E-state index is 0.105. The number of nitrogens with zero attached hydrogens (tertiary/aromatic N) is 2. The molecule has 0 saturated carbocycles.